The maximum absolute atomic E-state index is 12.4. The molecule has 0 aromatic carbocycles. The van der Waals surface area contributed by atoms with Crippen LogP contribution in [0.3, 0.4) is 0 Å². The van der Waals surface area contributed by atoms with Crippen LogP contribution >= 0.6 is 0 Å². The van der Waals surface area contributed by atoms with E-state index in [2.05, 4.69) is 10.0 Å². The smallest absolute Gasteiger partial charge is 0.364 e. The Balaban J connectivity index is 1.76. The monoisotopic (exact) mass is 717 g/mol. The summed E-state index contributed by atoms with van der Waals surface area (Å²) in [4.78, 5) is 26.6. The van der Waals surface area contributed by atoms with Crippen LogP contribution in [0.5, 0.6) is 0 Å². The number of aliphatic hydroxyl groups is 10. The lowest BCUT2D eigenvalue weighted by molar-refractivity contribution is -0.369. The predicted molar refractivity (Wildman–Crippen MR) is 150 cm³/mol. The molecule has 282 valence electrons. The van der Waals surface area contributed by atoms with Gasteiger partial charge in [0, 0.05) is 31.4 Å². The van der Waals surface area contributed by atoms with Crippen molar-refractivity contribution >= 4 is 11.9 Å². The van der Waals surface area contributed by atoms with E-state index in [1.807, 2.05) is 0 Å². The highest BCUT2D eigenvalue weighted by Crippen LogP contribution is 2.36. The number of carbonyl (C=O) groups excluding carboxylic acids is 1. The van der Waals surface area contributed by atoms with E-state index in [4.69, 9.17) is 38.7 Å². The highest BCUT2D eigenvalue weighted by atomic mass is 16.8. The molecule has 0 bridgehead atoms. The Bertz CT molecular complexity index is 1130. The van der Waals surface area contributed by atoms with Crippen LogP contribution in [0.2, 0.25) is 0 Å². The van der Waals surface area contributed by atoms with E-state index < -0.39 is 136 Å². The van der Waals surface area contributed by atoms with Gasteiger partial charge in [0.25, 0.3) is 5.79 Å². The lowest BCUT2D eigenvalue weighted by Gasteiger charge is -2.47. The lowest BCUT2D eigenvalue weighted by Crippen LogP contribution is -2.66. The highest BCUT2D eigenvalue weighted by molar-refractivity contribution is 5.76. The van der Waals surface area contributed by atoms with Crippen molar-refractivity contribution in [2.24, 2.45) is 5.11 Å². The van der Waals surface area contributed by atoms with E-state index in [0.717, 1.165) is 6.92 Å². The van der Waals surface area contributed by atoms with E-state index in [-0.39, 0.29) is 19.6 Å². The minimum atomic E-state index is -2.88. The number of hydrogen-bond acceptors (Lipinski definition) is 20. The quantitative estimate of drug-likeness (QED) is 0.0232. The van der Waals surface area contributed by atoms with Crippen molar-refractivity contribution in [2.45, 2.75) is 117 Å². The van der Waals surface area contributed by atoms with E-state index in [0.29, 0.717) is 0 Å². The van der Waals surface area contributed by atoms with E-state index >= 15 is 0 Å². The van der Waals surface area contributed by atoms with Crippen LogP contribution in [0, 0.1) is 0 Å². The third-order valence-electron chi connectivity index (χ3n) is 8.06. The Labute approximate surface area is 277 Å². The molecule has 23 nitrogen and oxygen atoms in total. The normalized spacial score (nSPS) is 40.9. The second-order valence-corrected chi connectivity index (χ2v) is 11.5. The molecule has 0 unspecified atom stereocenters. The molecule has 0 radical (unpaired) electrons. The van der Waals surface area contributed by atoms with Gasteiger partial charge in [-0.3, -0.25) is 4.79 Å². The summed E-state index contributed by atoms with van der Waals surface area (Å²) in [6.45, 7) is -1.92. The van der Waals surface area contributed by atoms with Crippen molar-refractivity contribution in [3.63, 3.8) is 0 Å². The van der Waals surface area contributed by atoms with Crippen LogP contribution in [0.4, 0.5) is 0 Å². The van der Waals surface area contributed by atoms with Crippen LogP contribution in [-0.2, 0) is 42.7 Å². The molecule has 0 saturated carbocycles. The minimum absolute atomic E-state index is 0.0669. The Morgan fingerprint density at radius 1 is 0.959 bits per heavy atom. The summed E-state index contributed by atoms with van der Waals surface area (Å²) in [7, 11) is 0. The zero-order valence-corrected chi connectivity index (χ0v) is 26.0. The second kappa shape index (κ2) is 18.2. The number of azide groups is 1. The van der Waals surface area contributed by atoms with Crippen molar-refractivity contribution in [1.29, 1.82) is 0 Å². The van der Waals surface area contributed by atoms with Crippen molar-refractivity contribution in [2.75, 3.05) is 33.0 Å². The van der Waals surface area contributed by atoms with Gasteiger partial charge in [0.1, 0.15) is 67.1 Å². The summed E-state index contributed by atoms with van der Waals surface area (Å²) in [6.07, 6.45) is -28.4. The standard InChI is InChI=1S/C26H43N3O20/c1-9(32)45-20-10(33)5-26(25(41)42,49-22(20)14(35)11(34)6-30)44-8-13-15(36)16(37)18(39)24(47-13)48-21-12(7-31)46-23(19(40)17(21)38)43-4-2-3-28-29-27/h10-24,30-31,33-40H,2-8H2,1H3,(H,41,42)/t10-,11+,12+,13+,14+,15-,16-,17+,18+,19+,20+,21+,22-,23+,24-,26+/m0/s1. The molecule has 0 amide bonds. The van der Waals surface area contributed by atoms with E-state index in [9.17, 15) is 65.8 Å². The lowest BCUT2D eigenvalue weighted by atomic mass is 9.90. The third-order valence-corrected chi connectivity index (χ3v) is 8.06. The summed E-state index contributed by atoms with van der Waals surface area (Å²) in [6, 6.07) is 0. The van der Waals surface area contributed by atoms with Gasteiger partial charge in [0.05, 0.1) is 25.9 Å². The molecule has 16 atom stereocenters. The Morgan fingerprint density at radius 2 is 1.61 bits per heavy atom. The number of hydrogen-bond donors (Lipinski definition) is 11. The number of carboxylic acids is 1. The summed E-state index contributed by atoms with van der Waals surface area (Å²) < 4.78 is 37.8. The molecule has 11 N–H and O–H groups in total. The zero-order valence-electron chi connectivity index (χ0n) is 26.0. The molecule has 0 spiro atoms. The molecule has 0 aromatic heterocycles. The molecule has 3 rings (SSSR count). The molecular formula is C26H43N3O20. The van der Waals surface area contributed by atoms with Crippen LogP contribution in [0.15, 0.2) is 5.11 Å². The zero-order chi connectivity index (χ0) is 36.6. The van der Waals surface area contributed by atoms with Crippen molar-refractivity contribution in [3.05, 3.63) is 10.4 Å². The first-order valence-corrected chi connectivity index (χ1v) is 15.1. The molecule has 23 heteroatoms. The van der Waals surface area contributed by atoms with Gasteiger partial charge in [-0.15, -0.1) is 0 Å². The molecular weight excluding hydrogens is 674 g/mol. The maximum atomic E-state index is 12.4. The first kappa shape index (κ1) is 41.0. The van der Waals surface area contributed by atoms with E-state index in [1.165, 1.54) is 0 Å². The van der Waals surface area contributed by atoms with Crippen molar-refractivity contribution < 1.29 is 98.9 Å². The Morgan fingerprint density at radius 3 is 2.20 bits per heavy atom. The van der Waals surface area contributed by atoms with Gasteiger partial charge in [-0.25, -0.2) is 4.79 Å². The first-order chi connectivity index (χ1) is 23.1. The van der Waals surface area contributed by atoms with Gasteiger partial charge < -0.3 is 89.3 Å². The van der Waals surface area contributed by atoms with Gasteiger partial charge in [-0.1, -0.05) is 5.11 Å². The predicted octanol–water partition coefficient (Wildman–Crippen LogP) is -6.07. The fourth-order valence-electron chi connectivity index (χ4n) is 5.44. The van der Waals surface area contributed by atoms with Gasteiger partial charge in [0.2, 0.25) is 0 Å². The fraction of sp³-hybridized carbons (Fsp3) is 0.923. The second-order valence-electron chi connectivity index (χ2n) is 11.5. The van der Waals surface area contributed by atoms with Gasteiger partial charge >= 0.3 is 11.9 Å². The summed E-state index contributed by atoms with van der Waals surface area (Å²) in [5.41, 5.74) is 8.34. The SMILES string of the molecule is CC(=O)O[C@H]1[C@H]([C@H](O)[C@H](O)CO)O[C@@](OC[C@H]2O[C@@H](O[C@H]3[C@H](O)[C@@H](O)[C@H](OCCCN=[N+]=[N-])O[C@@H]3CO)[C@H](O)[C@@H](O)[C@H]2O)(C(=O)O)C[C@@H]1O. The Hall–Kier alpha value is -2.39. The van der Waals surface area contributed by atoms with Crippen molar-refractivity contribution in [1.82, 2.24) is 0 Å². The van der Waals surface area contributed by atoms with Crippen LogP contribution in [-0.4, -0.2) is 199 Å². The molecule has 3 aliphatic rings. The highest BCUT2D eigenvalue weighted by Gasteiger charge is 2.58. The summed E-state index contributed by atoms with van der Waals surface area (Å²) >= 11 is 0. The number of aliphatic carboxylic acids is 1. The Kier molecular flexibility index (Phi) is 15.2. The van der Waals surface area contributed by atoms with Gasteiger partial charge in [-0.2, -0.15) is 0 Å². The minimum Gasteiger partial charge on any atom is -0.477 e. The molecule has 3 heterocycles. The molecule has 3 aliphatic heterocycles. The number of ether oxygens (including phenoxy) is 7. The van der Waals surface area contributed by atoms with Gasteiger partial charge in [-0.05, 0) is 12.0 Å². The summed E-state index contributed by atoms with van der Waals surface area (Å²) in [5, 5.41) is 117. The molecule has 0 aliphatic carbocycles. The third kappa shape index (κ3) is 9.69. The molecule has 49 heavy (non-hydrogen) atoms. The fourth-order valence-corrected chi connectivity index (χ4v) is 5.44. The number of carboxylic acid groups (broad SMARTS) is 1. The average Bonchev–Trinajstić information content (AvgIpc) is 3.07. The maximum Gasteiger partial charge on any atom is 0.364 e. The van der Waals surface area contributed by atoms with E-state index in [1.54, 1.807) is 0 Å². The molecule has 0 aromatic rings. The van der Waals surface area contributed by atoms with Crippen molar-refractivity contribution in [3.8, 4) is 0 Å². The van der Waals surface area contributed by atoms with Crippen LogP contribution in [0.25, 0.3) is 10.4 Å². The number of carbonyl (C=O) groups is 2. The van der Waals surface area contributed by atoms with Crippen LogP contribution < -0.4 is 0 Å². The van der Waals surface area contributed by atoms with Crippen LogP contribution in [0.1, 0.15) is 19.8 Å². The number of aliphatic hydroxyl groups excluding tert-OH is 10. The molecule has 3 fully saturated rings. The number of nitrogens with zero attached hydrogens (tertiary/aromatic N) is 3. The largest absolute Gasteiger partial charge is 0.477 e. The number of esters is 1. The van der Waals surface area contributed by atoms with Gasteiger partial charge in [0.15, 0.2) is 18.7 Å². The first-order valence-electron chi connectivity index (χ1n) is 15.1. The molecule has 3 saturated heterocycles. The number of rotatable bonds is 16. The summed E-state index contributed by atoms with van der Waals surface area (Å²) in [5.74, 6) is -5.76. The topological polar surface area (TPSA) is 370 Å². The average molecular weight is 718 g/mol.